The normalized spacial score (nSPS) is 11.0. The Labute approximate surface area is 174 Å². The number of fused-ring (bicyclic) bond motifs is 2. The van der Waals surface area contributed by atoms with Gasteiger partial charge in [-0.25, -0.2) is 4.79 Å². The molecule has 1 aromatic heterocycles. The molecule has 0 spiro atoms. The molecule has 0 saturated carbocycles. The van der Waals surface area contributed by atoms with Crippen molar-refractivity contribution in [2.45, 2.75) is 20.3 Å². The molecule has 3 aromatic carbocycles. The molecular formula is C25H23NO4. The van der Waals surface area contributed by atoms with Gasteiger partial charge >= 0.3 is 5.63 Å². The zero-order valence-corrected chi connectivity index (χ0v) is 17.1. The van der Waals surface area contributed by atoms with Crippen LogP contribution in [0, 0.1) is 0 Å². The van der Waals surface area contributed by atoms with E-state index in [9.17, 15) is 9.59 Å². The van der Waals surface area contributed by atoms with Crippen molar-refractivity contribution < 1.29 is 13.9 Å². The summed E-state index contributed by atoms with van der Waals surface area (Å²) >= 11 is 0. The molecule has 30 heavy (non-hydrogen) atoms. The van der Waals surface area contributed by atoms with Crippen molar-refractivity contribution in [1.82, 2.24) is 0 Å². The molecule has 0 aliphatic carbocycles. The van der Waals surface area contributed by atoms with E-state index in [0.717, 1.165) is 22.9 Å². The highest BCUT2D eigenvalue weighted by atomic mass is 16.5. The molecule has 1 amide bonds. The molecular weight excluding hydrogens is 378 g/mol. The van der Waals surface area contributed by atoms with Gasteiger partial charge < -0.3 is 14.1 Å². The fourth-order valence-corrected chi connectivity index (χ4v) is 3.56. The maximum atomic E-state index is 13.3. The lowest BCUT2D eigenvalue weighted by atomic mass is 10.1. The summed E-state index contributed by atoms with van der Waals surface area (Å²) < 4.78 is 11.1. The molecule has 0 fully saturated rings. The SMILES string of the molecule is CCCOc1ccc2cc(C(=O)N(CC)c3cccc4ccccc34)c(=O)oc2c1. The fourth-order valence-electron chi connectivity index (χ4n) is 3.56. The van der Waals surface area contributed by atoms with Crippen LogP contribution in [-0.2, 0) is 0 Å². The van der Waals surface area contributed by atoms with Crippen LogP contribution in [0.3, 0.4) is 0 Å². The minimum absolute atomic E-state index is 0.0134. The van der Waals surface area contributed by atoms with Gasteiger partial charge in [-0.1, -0.05) is 43.3 Å². The molecule has 1 heterocycles. The lowest BCUT2D eigenvalue weighted by Gasteiger charge is -2.22. The molecule has 4 rings (SSSR count). The van der Waals surface area contributed by atoms with Gasteiger partial charge in [-0.15, -0.1) is 0 Å². The molecule has 0 aliphatic heterocycles. The zero-order valence-electron chi connectivity index (χ0n) is 17.1. The van der Waals surface area contributed by atoms with E-state index < -0.39 is 5.63 Å². The van der Waals surface area contributed by atoms with Crippen molar-refractivity contribution in [3.8, 4) is 5.75 Å². The van der Waals surface area contributed by atoms with Crippen molar-refractivity contribution in [3.05, 3.63) is 82.7 Å². The summed E-state index contributed by atoms with van der Waals surface area (Å²) in [6.45, 7) is 4.92. The first-order valence-corrected chi connectivity index (χ1v) is 10.1. The van der Waals surface area contributed by atoms with Crippen molar-refractivity contribution in [3.63, 3.8) is 0 Å². The van der Waals surface area contributed by atoms with Gasteiger partial charge in [-0.05, 0) is 43.0 Å². The van der Waals surface area contributed by atoms with Gasteiger partial charge in [0.05, 0.1) is 12.3 Å². The summed E-state index contributed by atoms with van der Waals surface area (Å²) in [6, 6.07) is 20.6. The minimum atomic E-state index is -0.654. The summed E-state index contributed by atoms with van der Waals surface area (Å²) in [5.41, 5.74) is 0.528. The Morgan fingerprint density at radius 1 is 0.967 bits per heavy atom. The molecule has 4 aromatic rings. The molecule has 5 heteroatoms. The van der Waals surface area contributed by atoms with E-state index in [-0.39, 0.29) is 11.5 Å². The van der Waals surface area contributed by atoms with E-state index >= 15 is 0 Å². The number of benzene rings is 3. The Kier molecular flexibility index (Phi) is 5.53. The number of ether oxygens (including phenoxy) is 1. The molecule has 0 N–H and O–H groups in total. The first kappa shape index (κ1) is 19.7. The second kappa shape index (κ2) is 8.41. The van der Waals surface area contributed by atoms with Crippen LogP contribution in [-0.4, -0.2) is 19.1 Å². The van der Waals surface area contributed by atoms with E-state index in [1.807, 2.05) is 62.4 Å². The largest absolute Gasteiger partial charge is 0.493 e. The summed E-state index contributed by atoms with van der Waals surface area (Å²) in [5.74, 6) is 0.258. The van der Waals surface area contributed by atoms with Gasteiger partial charge in [0.25, 0.3) is 5.91 Å². The van der Waals surface area contributed by atoms with Crippen LogP contribution >= 0.6 is 0 Å². The molecule has 0 saturated heterocycles. The lowest BCUT2D eigenvalue weighted by molar-refractivity contribution is 0.0985. The van der Waals surface area contributed by atoms with Gasteiger partial charge in [-0.2, -0.15) is 0 Å². The number of hydrogen-bond donors (Lipinski definition) is 0. The number of anilines is 1. The van der Waals surface area contributed by atoms with Crippen LogP contribution in [0.25, 0.3) is 21.7 Å². The zero-order chi connectivity index (χ0) is 21.1. The molecule has 0 atom stereocenters. The average Bonchev–Trinajstić information content (AvgIpc) is 2.77. The topological polar surface area (TPSA) is 59.8 Å². The second-order valence-electron chi connectivity index (χ2n) is 7.04. The predicted octanol–water partition coefficient (Wildman–Crippen LogP) is 5.40. The van der Waals surface area contributed by atoms with Gasteiger partial charge in [0, 0.05) is 23.4 Å². The van der Waals surface area contributed by atoms with Crippen molar-refractivity contribution in [2.75, 3.05) is 18.1 Å². The molecule has 0 radical (unpaired) electrons. The third-order valence-corrected chi connectivity index (χ3v) is 5.03. The van der Waals surface area contributed by atoms with Gasteiger partial charge in [0.2, 0.25) is 0 Å². The standard InChI is InChI=1S/C25H23NO4/c1-3-14-29-19-13-12-18-15-21(25(28)30-23(18)16-19)24(27)26(4-2)22-11-7-9-17-8-5-6-10-20(17)22/h5-13,15-16H,3-4,14H2,1-2H3. The number of amides is 1. The Morgan fingerprint density at radius 2 is 1.77 bits per heavy atom. The third kappa shape index (κ3) is 3.66. The van der Waals surface area contributed by atoms with E-state index in [4.69, 9.17) is 9.15 Å². The lowest BCUT2D eigenvalue weighted by Crippen LogP contribution is -2.34. The highest BCUT2D eigenvalue weighted by Gasteiger charge is 2.22. The van der Waals surface area contributed by atoms with Crippen LogP contribution in [0.15, 0.2) is 75.9 Å². The van der Waals surface area contributed by atoms with Crippen molar-refractivity contribution >= 4 is 33.3 Å². The first-order chi connectivity index (χ1) is 14.6. The second-order valence-corrected chi connectivity index (χ2v) is 7.04. The maximum Gasteiger partial charge on any atom is 0.349 e. The van der Waals surface area contributed by atoms with Crippen LogP contribution in [0.1, 0.15) is 30.6 Å². The molecule has 0 unspecified atom stereocenters. The molecule has 5 nitrogen and oxygen atoms in total. The van der Waals surface area contributed by atoms with E-state index in [0.29, 0.717) is 29.9 Å². The first-order valence-electron chi connectivity index (χ1n) is 10.1. The van der Waals surface area contributed by atoms with Crippen LogP contribution < -0.4 is 15.3 Å². The summed E-state index contributed by atoms with van der Waals surface area (Å²) in [7, 11) is 0. The third-order valence-electron chi connectivity index (χ3n) is 5.03. The predicted molar refractivity (Wildman–Crippen MR) is 120 cm³/mol. The highest BCUT2D eigenvalue weighted by Crippen LogP contribution is 2.28. The number of hydrogen-bond acceptors (Lipinski definition) is 4. The number of carbonyl (C=O) groups excluding carboxylic acids is 1. The summed E-state index contributed by atoms with van der Waals surface area (Å²) in [6.07, 6.45) is 0.885. The Hall–Kier alpha value is -3.60. The Balaban J connectivity index is 1.75. The van der Waals surface area contributed by atoms with Gasteiger partial charge in [-0.3, -0.25) is 4.79 Å². The quantitative estimate of drug-likeness (QED) is 0.406. The highest BCUT2D eigenvalue weighted by molar-refractivity contribution is 6.11. The number of nitrogens with zero attached hydrogens (tertiary/aromatic N) is 1. The monoisotopic (exact) mass is 401 g/mol. The summed E-state index contributed by atoms with van der Waals surface area (Å²) in [4.78, 5) is 27.6. The molecule has 0 bridgehead atoms. The smallest absolute Gasteiger partial charge is 0.349 e. The van der Waals surface area contributed by atoms with Crippen LogP contribution in [0.5, 0.6) is 5.75 Å². The van der Waals surface area contributed by atoms with Crippen molar-refractivity contribution in [2.24, 2.45) is 0 Å². The van der Waals surface area contributed by atoms with Crippen LogP contribution in [0.4, 0.5) is 5.69 Å². The number of carbonyl (C=O) groups is 1. The molecule has 152 valence electrons. The minimum Gasteiger partial charge on any atom is -0.493 e. The number of rotatable bonds is 6. The van der Waals surface area contributed by atoms with Crippen molar-refractivity contribution in [1.29, 1.82) is 0 Å². The Morgan fingerprint density at radius 3 is 2.57 bits per heavy atom. The summed E-state index contributed by atoms with van der Waals surface area (Å²) in [5, 5.41) is 2.67. The van der Waals surface area contributed by atoms with E-state index in [2.05, 4.69) is 0 Å². The maximum absolute atomic E-state index is 13.3. The molecule has 0 aliphatic rings. The van der Waals surface area contributed by atoms with Crippen LogP contribution in [0.2, 0.25) is 0 Å². The average molecular weight is 401 g/mol. The van der Waals surface area contributed by atoms with E-state index in [1.165, 1.54) is 0 Å². The Bertz CT molecular complexity index is 1270. The van der Waals surface area contributed by atoms with Gasteiger partial charge in [0.1, 0.15) is 16.9 Å². The van der Waals surface area contributed by atoms with Gasteiger partial charge in [0.15, 0.2) is 0 Å². The fraction of sp³-hybridized carbons (Fsp3) is 0.200. The van der Waals surface area contributed by atoms with E-state index in [1.54, 1.807) is 23.1 Å².